The summed E-state index contributed by atoms with van der Waals surface area (Å²) in [6.45, 7) is 8.67. The molecule has 0 bridgehead atoms. The molecule has 2 rings (SSSR count). The molecule has 0 radical (unpaired) electrons. The maximum atomic E-state index is 10.5. The number of benzene rings is 1. The molecule has 0 amide bonds. The largest absolute Gasteiger partial charge is 0.458 e. The third-order valence-corrected chi connectivity index (χ3v) is 3.22. The van der Waals surface area contributed by atoms with E-state index in [2.05, 4.69) is 20.8 Å². The predicted molar refractivity (Wildman–Crippen MR) is 76.0 cm³/mol. The molecule has 1 heterocycles. The van der Waals surface area contributed by atoms with Crippen molar-refractivity contribution in [1.82, 2.24) is 0 Å². The molecule has 1 aromatic carbocycles. The highest BCUT2D eigenvalue weighted by atomic mass is 16.5. The highest BCUT2D eigenvalue weighted by Gasteiger charge is 2.34. The third kappa shape index (κ3) is 2.99. The highest BCUT2D eigenvalue weighted by molar-refractivity contribution is 5.77. The predicted octanol–water partition coefficient (Wildman–Crippen LogP) is 3.92. The Balaban J connectivity index is 2.32. The van der Waals surface area contributed by atoms with E-state index in [0.717, 1.165) is 11.0 Å². The van der Waals surface area contributed by atoms with Gasteiger partial charge in [-0.1, -0.05) is 39.0 Å². The quantitative estimate of drug-likeness (QED) is 0.908. The molecule has 0 fully saturated rings. The maximum absolute atomic E-state index is 10.5. The lowest BCUT2D eigenvalue weighted by atomic mass is 9.85. The molecule has 0 saturated heterocycles. The Kier molecular flexibility index (Phi) is 3.97. The van der Waals surface area contributed by atoms with Crippen molar-refractivity contribution in [3.05, 3.63) is 36.1 Å². The number of furan rings is 1. The number of hydrogen-bond acceptors (Lipinski definition) is 3. The first-order valence-corrected chi connectivity index (χ1v) is 6.71. The zero-order valence-electron chi connectivity index (χ0n) is 12.0. The molecule has 1 N–H and O–H groups in total. The number of fused-ring (bicyclic) bond motifs is 1. The Hall–Kier alpha value is -1.32. The minimum Gasteiger partial charge on any atom is -0.458 e. The smallest absolute Gasteiger partial charge is 0.138 e. The van der Waals surface area contributed by atoms with Crippen LogP contribution >= 0.6 is 0 Å². The molecule has 0 saturated carbocycles. The molecule has 2 unspecified atom stereocenters. The molecule has 104 valence electrons. The van der Waals surface area contributed by atoms with Crippen LogP contribution in [0, 0.1) is 5.41 Å². The first-order chi connectivity index (χ1) is 8.93. The fraction of sp³-hybridized carbons (Fsp3) is 0.500. The van der Waals surface area contributed by atoms with E-state index in [1.165, 1.54) is 0 Å². The second-order valence-corrected chi connectivity index (χ2v) is 5.87. The van der Waals surface area contributed by atoms with Gasteiger partial charge in [0.05, 0.1) is 6.10 Å². The lowest BCUT2D eigenvalue weighted by Gasteiger charge is -2.33. The summed E-state index contributed by atoms with van der Waals surface area (Å²) >= 11 is 0. The number of ether oxygens (including phenoxy) is 1. The van der Waals surface area contributed by atoms with Crippen LogP contribution in [-0.4, -0.2) is 17.8 Å². The monoisotopic (exact) mass is 262 g/mol. The van der Waals surface area contributed by atoms with E-state index in [9.17, 15) is 5.11 Å². The van der Waals surface area contributed by atoms with Gasteiger partial charge in [-0.25, -0.2) is 0 Å². The molecule has 0 aliphatic rings. The van der Waals surface area contributed by atoms with Gasteiger partial charge in [-0.15, -0.1) is 0 Å². The average Bonchev–Trinajstić information content (AvgIpc) is 2.77. The molecule has 0 aliphatic heterocycles. The van der Waals surface area contributed by atoms with Gasteiger partial charge >= 0.3 is 0 Å². The van der Waals surface area contributed by atoms with Gasteiger partial charge in [-0.3, -0.25) is 0 Å². The summed E-state index contributed by atoms with van der Waals surface area (Å²) in [4.78, 5) is 0. The summed E-state index contributed by atoms with van der Waals surface area (Å²) in [5.41, 5.74) is 0.634. The molecule has 2 atom stereocenters. The Labute approximate surface area is 114 Å². The number of para-hydroxylation sites is 1. The van der Waals surface area contributed by atoms with Gasteiger partial charge in [-0.2, -0.15) is 0 Å². The summed E-state index contributed by atoms with van der Waals surface area (Å²) in [6.07, 6.45) is -1.05. The second-order valence-electron chi connectivity index (χ2n) is 5.87. The van der Waals surface area contributed by atoms with Crippen LogP contribution in [0.1, 0.15) is 39.6 Å². The number of aliphatic hydroxyl groups is 1. The average molecular weight is 262 g/mol. The third-order valence-electron chi connectivity index (χ3n) is 3.22. The van der Waals surface area contributed by atoms with Gasteiger partial charge in [0.2, 0.25) is 0 Å². The van der Waals surface area contributed by atoms with Gasteiger partial charge < -0.3 is 14.3 Å². The van der Waals surface area contributed by atoms with E-state index in [0.29, 0.717) is 12.4 Å². The molecule has 19 heavy (non-hydrogen) atoms. The Morgan fingerprint density at radius 2 is 1.95 bits per heavy atom. The Bertz CT molecular complexity index is 503. The van der Waals surface area contributed by atoms with Gasteiger partial charge in [0.15, 0.2) is 0 Å². The Morgan fingerprint density at radius 1 is 1.26 bits per heavy atom. The zero-order valence-corrected chi connectivity index (χ0v) is 12.0. The van der Waals surface area contributed by atoms with E-state index >= 15 is 0 Å². The van der Waals surface area contributed by atoms with Gasteiger partial charge in [0, 0.05) is 12.0 Å². The van der Waals surface area contributed by atoms with Crippen LogP contribution in [0.15, 0.2) is 34.7 Å². The highest BCUT2D eigenvalue weighted by Crippen LogP contribution is 2.35. The molecule has 2 aromatic rings. The minimum absolute atomic E-state index is 0.158. The van der Waals surface area contributed by atoms with Crippen molar-refractivity contribution in [3.63, 3.8) is 0 Å². The summed E-state index contributed by atoms with van der Waals surface area (Å²) in [5, 5.41) is 11.5. The lowest BCUT2D eigenvalue weighted by Crippen LogP contribution is -2.35. The normalized spacial score (nSPS) is 15.6. The SMILES string of the molecule is CCOC(C(O)c1cc2ccccc2o1)C(C)(C)C. The van der Waals surface area contributed by atoms with Crippen molar-refractivity contribution in [1.29, 1.82) is 0 Å². The van der Waals surface area contributed by atoms with E-state index in [4.69, 9.17) is 9.15 Å². The number of aliphatic hydroxyl groups excluding tert-OH is 1. The van der Waals surface area contributed by atoms with E-state index in [-0.39, 0.29) is 11.5 Å². The summed E-state index contributed by atoms with van der Waals surface area (Å²) in [5.74, 6) is 0.564. The van der Waals surface area contributed by atoms with Crippen LogP contribution in [0.2, 0.25) is 0 Å². The van der Waals surface area contributed by atoms with Crippen LogP contribution in [0.25, 0.3) is 11.0 Å². The molecule has 0 aliphatic carbocycles. The lowest BCUT2D eigenvalue weighted by molar-refractivity contribution is -0.0959. The van der Waals surface area contributed by atoms with E-state index in [1.807, 2.05) is 37.3 Å². The minimum atomic E-state index is -0.757. The summed E-state index contributed by atoms with van der Waals surface area (Å²) < 4.78 is 11.4. The van der Waals surface area contributed by atoms with Crippen molar-refractivity contribution >= 4 is 11.0 Å². The summed E-state index contributed by atoms with van der Waals surface area (Å²) in [6, 6.07) is 9.64. The zero-order chi connectivity index (χ0) is 14.0. The molecular weight excluding hydrogens is 240 g/mol. The first kappa shape index (κ1) is 14.1. The fourth-order valence-corrected chi connectivity index (χ4v) is 2.29. The van der Waals surface area contributed by atoms with Crippen molar-refractivity contribution in [3.8, 4) is 0 Å². The van der Waals surface area contributed by atoms with Gasteiger partial charge in [0.25, 0.3) is 0 Å². The van der Waals surface area contributed by atoms with Gasteiger partial charge in [-0.05, 0) is 24.5 Å². The van der Waals surface area contributed by atoms with Crippen LogP contribution in [-0.2, 0) is 4.74 Å². The van der Waals surface area contributed by atoms with Crippen molar-refractivity contribution in [2.45, 2.75) is 39.9 Å². The van der Waals surface area contributed by atoms with Crippen LogP contribution < -0.4 is 0 Å². The molecule has 3 heteroatoms. The molecular formula is C16H22O3. The number of hydrogen-bond donors (Lipinski definition) is 1. The van der Waals surface area contributed by atoms with Crippen molar-refractivity contribution in [2.75, 3.05) is 6.61 Å². The standard InChI is InChI=1S/C16H22O3/c1-5-18-15(16(2,3)4)14(17)13-10-11-8-6-7-9-12(11)19-13/h6-10,14-15,17H,5H2,1-4H3. The molecule has 1 aromatic heterocycles. The van der Waals surface area contributed by atoms with E-state index < -0.39 is 6.10 Å². The topological polar surface area (TPSA) is 42.6 Å². The second kappa shape index (κ2) is 5.35. The van der Waals surface area contributed by atoms with Crippen LogP contribution in [0.4, 0.5) is 0 Å². The first-order valence-electron chi connectivity index (χ1n) is 6.71. The molecule has 3 nitrogen and oxygen atoms in total. The van der Waals surface area contributed by atoms with E-state index in [1.54, 1.807) is 0 Å². The van der Waals surface area contributed by atoms with Crippen molar-refractivity contribution < 1.29 is 14.3 Å². The van der Waals surface area contributed by atoms with Crippen molar-refractivity contribution in [2.24, 2.45) is 5.41 Å². The Morgan fingerprint density at radius 3 is 2.53 bits per heavy atom. The summed E-state index contributed by atoms with van der Waals surface area (Å²) in [7, 11) is 0. The van der Waals surface area contributed by atoms with Crippen LogP contribution in [0.3, 0.4) is 0 Å². The number of rotatable bonds is 4. The van der Waals surface area contributed by atoms with Gasteiger partial charge in [0.1, 0.15) is 17.4 Å². The van der Waals surface area contributed by atoms with Crippen LogP contribution in [0.5, 0.6) is 0 Å². The molecule has 0 spiro atoms. The maximum Gasteiger partial charge on any atom is 0.138 e. The fourth-order valence-electron chi connectivity index (χ4n) is 2.29.